The summed E-state index contributed by atoms with van der Waals surface area (Å²) in [5.41, 5.74) is 1.00. The minimum Gasteiger partial charge on any atom is -0.508 e. The number of rotatable bonds is 2. The van der Waals surface area contributed by atoms with E-state index in [1.807, 2.05) is 0 Å². The van der Waals surface area contributed by atoms with Gasteiger partial charge in [0.15, 0.2) is 17.6 Å². The number of carbonyl (C=O) groups excluding carboxylic acids is 1. The van der Waals surface area contributed by atoms with Crippen molar-refractivity contribution in [2.24, 2.45) is 0 Å². The highest BCUT2D eigenvalue weighted by Gasteiger charge is 2.35. The molecule has 1 unspecified atom stereocenters. The van der Waals surface area contributed by atoms with Crippen LogP contribution in [0.2, 0.25) is 0 Å². The molecule has 5 nitrogen and oxygen atoms in total. The van der Waals surface area contributed by atoms with Crippen LogP contribution in [0.1, 0.15) is 15.9 Å². The second kappa shape index (κ2) is 4.45. The summed E-state index contributed by atoms with van der Waals surface area (Å²) >= 11 is 0. The van der Waals surface area contributed by atoms with E-state index in [0.717, 1.165) is 5.56 Å². The lowest BCUT2D eigenvalue weighted by molar-refractivity contribution is 0.0855. The fourth-order valence-corrected chi connectivity index (χ4v) is 2.28. The first-order valence-electron chi connectivity index (χ1n) is 6.10. The van der Waals surface area contributed by atoms with Crippen LogP contribution in [0.15, 0.2) is 36.4 Å². The van der Waals surface area contributed by atoms with E-state index in [0.29, 0.717) is 0 Å². The van der Waals surface area contributed by atoms with Crippen molar-refractivity contribution in [3.05, 3.63) is 47.5 Å². The predicted octanol–water partition coefficient (Wildman–Crippen LogP) is 1.99. The summed E-state index contributed by atoms with van der Waals surface area (Å²) in [5.74, 6) is -0.867. The van der Waals surface area contributed by atoms with Crippen LogP contribution in [0.4, 0.5) is 0 Å². The number of hydrogen-bond acceptors (Lipinski definition) is 5. The van der Waals surface area contributed by atoms with E-state index in [9.17, 15) is 20.1 Å². The molecular formula is C15H12O5. The lowest BCUT2D eigenvalue weighted by Crippen LogP contribution is -2.23. The molecule has 0 aromatic heterocycles. The van der Waals surface area contributed by atoms with Crippen LogP contribution < -0.4 is 4.74 Å². The molecule has 20 heavy (non-hydrogen) atoms. The summed E-state index contributed by atoms with van der Waals surface area (Å²) < 4.78 is 5.43. The van der Waals surface area contributed by atoms with Crippen molar-refractivity contribution < 1.29 is 24.9 Å². The van der Waals surface area contributed by atoms with Gasteiger partial charge in [-0.25, -0.2) is 0 Å². The third-order valence-electron chi connectivity index (χ3n) is 3.26. The number of Topliss-reactive ketones (excluding diaryl/α,β-unsaturated/α-hetero) is 1. The molecule has 1 heterocycles. The smallest absolute Gasteiger partial charge is 0.207 e. The standard InChI is InChI=1S/C15H12O5/c16-9-3-1-2-8(6-9)7-12-13(18)10-4-5-11(17)14(19)15(10)20-12/h1-6,12,16-17,19H,7H2. The lowest BCUT2D eigenvalue weighted by atomic mass is 10.0. The number of fused-ring (bicyclic) bond motifs is 1. The van der Waals surface area contributed by atoms with E-state index < -0.39 is 11.9 Å². The third kappa shape index (κ3) is 1.93. The van der Waals surface area contributed by atoms with E-state index >= 15 is 0 Å². The Bertz CT molecular complexity index is 693. The van der Waals surface area contributed by atoms with Gasteiger partial charge in [-0.2, -0.15) is 0 Å². The number of phenolic OH excluding ortho intramolecular Hbond substituents is 3. The second-order valence-electron chi connectivity index (χ2n) is 4.65. The Kier molecular flexibility index (Phi) is 2.75. The SMILES string of the molecule is O=C1c2ccc(O)c(O)c2OC1Cc1cccc(O)c1. The summed E-state index contributed by atoms with van der Waals surface area (Å²) in [7, 11) is 0. The third-order valence-corrected chi connectivity index (χ3v) is 3.26. The van der Waals surface area contributed by atoms with Gasteiger partial charge >= 0.3 is 0 Å². The van der Waals surface area contributed by atoms with Crippen molar-refractivity contribution in [2.75, 3.05) is 0 Å². The van der Waals surface area contributed by atoms with Crippen molar-refractivity contribution in [2.45, 2.75) is 12.5 Å². The molecule has 3 N–H and O–H groups in total. The molecule has 1 aliphatic heterocycles. The molecular weight excluding hydrogens is 260 g/mol. The molecule has 2 aromatic rings. The van der Waals surface area contributed by atoms with Gasteiger partial charge in [0.25, 0.3) is 0 Å². The van der Waals surface area contributed by atoms with Crippen LogP contribution >= 0.6 is 0 Å². The molecule has 0 fully saturated rings. The summed E-state index contributed by atoms with van der Waals surface area (Å²) in [6.45, 7) is 0. The summed E-state index contributed by atoms with van der Waals surface area (Å²) in [6, 6.07) is 9.23. The largest absolute Gasteiger partial charge is 0.508 e. The fourth-order valence-electron chi connectivity index (χ4n) is 2.28. The molecule has 5 heteroatoms. The molecule has 3 rings (SSSR count). The second-order valence-corrected chi connectivity index (χ2v) is 4.65. The quantitative estimate of drug-likeness (QED) is 0.728. The zero-order valence-electron chi connectivity index (χ0n) is 10.4. The lowest BCUT2D eigenvalue weighted by Gasteiger charge is -2.10. The van der Waals surface area contributed by atoms with Gasteiger partial charge in [0.1, 0.15) is 5.75 Å². The Hall–Kier alpha value is -2.69. The Morgan fingerprint density at radius 3 is 2.65 bits per heavy atom. The van der Waals surface area contributed by atoms with Crippen LogP contribution in [-0.4, -0.2) is 27.2 Å². The molecule has 0 saturated heterocycles. The number of ketones is 1. The number of carbonyl (C=O) groups is 1. The molecule has 0 spiro atoms. The molecule has 1 atom stereocenters. The number of ether oxygens (including phenoxy) is 1. The van der Waals surface area contributed by atoms with Gasteiger partial charge in [0.05, 0.1) is 5.56 Å². The maximum atomic E-state index is 12.2. The zero-order valence-corrected chi connectivity index (χ0v) is 10.4. The highest BCUT2D eigenvalue weighted by Crippen LogP contribution is 2.43. The maximum Gasteiger partial charge on any atom is 0.207 e. The molecule has 2 aromatic carbocycles. The maximum absolute atomic E-state index is 12.2. The topological polar surface area (TPSA) is 87.0 Å². The molecule has 0 bridgehead atoms. The normalized spacial score (nSPS) is 16.8. The minimum atomic E-state index is -0.764. The van der Waals surface area contributed by atoms with Crippen molar-refractivity contribution in [1.29, 1.82) is 0 Å². The first-order valence-corrected chi connectivity index (χ1v) is 6.10. The van der Waals surface area contributed by atoms with Gasteiger partial charge in [-0.15, -0.1) is 0 Å². The van der Waals surface area contributed by atoms with Crippen LogP contribution in [0.3, 0.4) is 0 Å². The minimum absolute atomic E-state index is 0.0140. The van der Waals surface area contributed by atoms with Crippen LogP contribution in [0, 0.1) is 0 Å². The number of hydrogen-bond donors (Lipinski definition) is 3. The molecule has 1 aliphatic rings. The zero-order chi connectivity index (χ0) is 14.3. The Morgan fingerprint density at radius 2 is 1.90 bits per heavy atom. The van der Waals surface area contributed by atoms with Crippen LogP contribution in [-0.2, 0) is 6.42 Å². The van der Waals surface area contributed by atoms with Crippen molar-refractivity contribution in [1.82, 2.24) is 0 Å². The summed E-state index contributed by atoms with van der Waals surface area (Å²) in [5, 5.41) is 28.5. The average molecular weight is 272 g/mol. The summed E-state index contributed by atoms with van der Waals surface area (Å²) in [4.78, 5) is 12.2. The van der Waals surface area contributed by atoms with Gasteiger partial charge in [-0.1, -0.05) is 12.1 Å². The summed E-state index contributed by atoms with van der Waals surface area (Å²) in [6.07, 6.45) is -0.484. The van der Waals surface area contributed by atoms with E-state index in [4.69, 9.17) is 4.74 Å². The Labute approximate surface area is 114 Å². The molecule has 0 saturated carbocycles. The monoisotopic (exact) mass is 272 g/mol. The molecule has 0 radical (unpaired) electrons. The number of aromatic hydroxyl groups is 3. The van der Waals surface area contributed by atoms with Crippen LogP contribution in [0.5, 0.6) is 23.0 Å². The van der Waals surface area contributed by atoms with Gasteiger partial charge in [0.2, 0.25) is 11.5 Å². The van der Waals surface area contributed by atoms with Gasteiger partial charge in [-0.3, -0.25) is 4.79 Å². The highest BCUT2D eigenvalue weighted by molar-refractivity contribution is 6.05. The average Bonchev–Trinajstić information content (AvgIpc) is 2.72. The first kappa shape index (κ1) is 12.3. The Morgan fingerprint density at radius 1 is 1.10 bits per heavy atom. The Balaban J connectivity index is 1.89. The van der Waals surface area contributed by atoms with Gasteiger partial charge in [-0.05, 0) is 29.8 Å². The molecule has 0 aliphatic carbocycles. The van der Waals surface area contributed by atoms with Gasteiger partial charge < -0.3 is 20.1 Å². The van der Waals surface area contributed by atoms with Crippen LogP contribution in [0.25, 0.3) is 0 Å². The highest BCUT2D eigenvalue weighted by atomic mass is 16.5. The van der Waals surface area contributed by atoms with E-state index in [-0.39, 0.29) is 35.0 Å². The fraction of sp³-hybridized carbons (Fsp3) is 0.133. The van der Waals surface area contributed by atoms with Crippen molar-refractivity contribution >= 4 is 5.78 Å². The molecule has 102 valence electrons. The first-order chi connectivity index (χ1) is 9.56. The van der Waals surface area contributed by atoms with Gasteiger partial charge in [0, 0.05) is 6.42 Å². The molecule has 0 amide bonds. The number of phenols is 3. The predicted molar refractivity (Wildman–Crippen MR) is 70.3 cm³/mol. The van der Waals surface area contributed by atoms with E-state index in [1.54, 1.807) is 24.3 Å². The number of benzene rings is 2. The van der Waals surface area contributed by atoms with Crippen molar-refractivity contribution in [3.63, 3.8) is 0 Å². The van der Waals surface area contributed by atoms with E-state index in [2.05, 4.69) is 0 Å². The van der Waals surface area contributed by atoms with E-state index in [1.165, 1.54) is 12.1 Å². The van der Waals surface area contributed by atoms with Crippen molar-refractivity contribution in [3.8, 4) is 23.0 Å².